The molecule has 4 aromatic rings. The van der Waals surface area contributed by atoms with Crippen molar-refractivity contribution in [3.8, 4) is 0 Å². The average Bonchev–Trinajstić information content (AvgIpc) is 2.79. The molecular weight excluding hydrogens is 583 g/mol. The molecule has 0 spiro atoms. The van der Waals surface area contributed by atoms with Gasteiger partial charge in [-0.2, -0.15) is 21.9 Å². The molecule has 0 heterocycles. The molecular formula is C24H12BCl8-. The van der Waals surface area contributed by atoms with Gasteiger partial charge in [0, 0.05) is 20.1 Å². The van der Waals surface area contributed by atoms with E-state index in [1.165, 1.54) is 0 Å². The van der Waals surface area contributed by atoms with Crippen LogP contribution in [0.25, 0.3) is 0 Å². The zero-order valence-electron chi connectivity index (χ0n) is 16.5. The van der Waals surface area contributed by atoms with Gasteiger partial charge >= 0.3 is 0 Å². The summed E-state index contributed by atoms with van der Waals surface area (Å²) in [5.74, 6) is 0. The van der Waals surface area contributed by atoms with E-state index in [-0.39, 0.29) is 0 Å². The molecule has 0 bridgehead atoms. The van der Waals surface area contributed by atoms with Crippen LogP contribution in [0.15, 0.2) is 72.8 Å². The molecule has 4 aromatic carbocycles. The fourth-order valence-electron chi connectivity index (χ4n) is 4.42. The van der Waals surface area contributed by atoms with E-state index in [1.54, 1.807) is 48.5 Å². The molecule has 0 radical (unpaired) electrons. The zero-order valence-corrected chi connectivity index (χ0v) is 22.6. The maximum atomic E-state index is 6.86. The second-order valence-electron chi connectivity index (χ2n) is 7.44. The molecule has 0 aliphatic heterocycles. The standard InChI is InChI=1S/C24H12BCl8/c26-17-9-1-5-13(21(17)30)25(14-6-2-10-18(27)22(14)31,15-7-3-11-19(28)23(15)32)16-8-4-12-20(29)24(16)33/h1-12H/q-1. The van der Waals surface area contributed by atoms with Gasteiger partial charge in [-0.1, -0.05) is 141 Å². The summed E-state index contributed by atoms with van der Waals surface area (Å²) in [4.78, 5) is 0. The molecule has 0 unspecified atom stereocenters. The lowest BCUT2D eigenvalue weighted by Gasteiger charge is -2.46. The van der Waals surface area contributed by atoms with Gasteiger partial charge in [-0.3, -0.25) is 0 Å². The van der Waals surface area contributed by atoms with E-state index < -0.39 is 6.15 Å². The molecule has 0 N–H and O–H groups in total. The van der Waals surface area contributed by atoms with Gasteiger partial charge in [-0.25, -0.2) is 0 Å². The topological polar surface area (TPSA) is 0 Å². The van der Waals surface area contributed by atoms with Crippen LogP contribution in [0.5, 0.6) is 0 Å². The molecule has 0 atom stereocenters. The van der Waals surface area contributed by atoms with Crippen molar-refractivity contribution in [2.45, 2.75) is 0 Å². The summed E-state index contributed by atoms with van der Waals surface area (Å²) in [5.41, 5.74) is 2.56. The Morgan fingerprint density at radius 1 is 0.333 bits per heavy atom. The third kappa shape index (κ3) is 4.26. The van der Waals surface area contributed by atoms with E-state index in [2.05, 4.69) is 0 Å². The zero-order chi connectivity index (χ0) is 23.9. The lowest BCUT2D eigenvalue weighted by atomic mass is 9.13. The van der Waals surface area contributed by atoms with Gasteiger partial charge in [-0.05, 0) is 24.3 Å². The molecule has 0 saturated heterocycles. The van der Waals surface area contributed by atoms with Crippen molar-refractivity contribution >= 4 is 121 Å². The van der Waals surface area contributed by atoms with Crippen molar-refractivity contribution < 1.29 is 0 Å². The molecule has 168 valence electrons. The largest absolute Gasteiger partial charge is 0.175 e. The molecule has 0 saturated carbocycles. The first kappa shape index (κ1) is 25.4. The molecule has 0 fully saturated rings. The highest BCUT2D eigenvalue weighted by atomic mass is 35.5. The summed E-state index contributed by atoms with van der Waals surface area (Å²) in [7, 11) is 0. The molecule has 0 aromatic heterocycles. The van der Waals surface area contributed by atoms with Crippen LogP contribution in [0.2, 0.25) is 40.2 Å². The van der Waals surface area contributed by atoms with Crippen LogP contribution in [-0.2, 0) is 0 Å². The van der Waals surface area contributed by atoms with Crippen molar-refractivity contribution in [1.82, 2.24) is 0 Å². The highest BCUT2D eigenvalue weighted by Gasteiger charge is 2.39. The monoisotopic (exact) mass is 591 g/mol. The Balaban J connectivity index is 2.36. The normalized spacial score (nSPS) is 11.6. The molecule has 0 nitrogen and oxygen atoms in total. The Morgan fingerprint density at radius 2 is 0.545 bits per heavy atom. The van der Waals surface area contributed by atoms with Gasteiger partial charge in [-0.15, -0.1) is 0 Å². The smallest absolute Gasteiger partial charge is 0.115 e. The lowest BCUT2D eigenvalue weighted by Crippen LogP contribution is -2.75. The first-order chi connectivity index (χ1) is 15.7. The highest BCUT2D eigenvalue weighted by molar-refractivity contribution is 7.22. The highest BCUT2D eigenvalue weighted by Crippen LogP contribution is 2.32. The Hall–Kier alpha value is -0.735. The number of halogens is 8. The fourth-order valence-corrected chi connectivity index (χ4v) is 6.31. The Bertz CT molecular complexity index is 1160. The lowest BCUT2D eigenvalue weighted by molar-refractivity contribution is 1.65. The molecule has 4 rings (SSSR count). The first-order valence-corrected chi connectivity index (χ1v) is 12.7. The maximum Gasteiger partial charge on any atom is 0.115 e. The summed E-state index contributed by atoms with van der Waals surface area (Å²) in [6.07, 6.45) is -2.26. The summed E-state index contributed by atoms with van der Waals surface area (Å²) >= 11 is 53.4. The van der Waals surface area contributed by atoms with E-state index in [9.17, 15) is 0 Å². The third-order valence-corrected chi connectivity index (χ3v) is 9.13. The van der Waals surface area contributed by atoms with E-state index in [1.807, 2.05) is 24.3 Å². The van der Waals surface area contributed by atoms with Crippen LogP contribution >= 0.6 is 92.8 Å². The SMILES string of the molecule is Clc1cccc([B-](c2cccc(Cl)c2Cl)(c2cccc(Cl)c2Cl)c2cccc(Cl)c2Cl)c1Cl. The third-order valence-electron chi connectivity index (χ3n) is 5.79. The van der Waals surface area contributed by atoms with Crippen molar-refractivity contribution in [2.75, 3.05) is 0 Å². The average molecular weight is 595 g/mol. The Labute approximate surface area is 232 Å². The van der Waals surface area contributed by atoms with Crippen molar-refractivity contribution in [3.63, 3.8) is 0 Å². The van der Waals surface area contributed by atoms with E-state index >= 15 is 0 Å². The quantitative estimate of drug-likeness (QED) is 0.209. The fraction of sp³-hybridized carbons (Fsp3) is 0. The van der Waals surface area contributed by atoms with E-state index in [0.717, 1.165) is 0 Å². The molecule has 0 aliphatic rings. The molecule has 9 heteroatoms. The maximum absolute atomic E-state index is 6.86. The molecule has 33 heavy (non-hydrogen) atoms. The summed E-state index contributed by atoms with van der Waals surface area (Å²) in [6.45, 7) is 0. The van der Waals surface area contributed by atoms with Crippen molar-refractivity contribution in [2.24, 2.45) is 0 Å². The minimum absolute atomic E-state index is 0.322. The van der Waals surface area contributed by atoms with E-state index in [0.29, 0.717) is 62.0 Å². The summed E-state index contributed by atoms with van der Waals surface area (Å²) in [5, 5.41) is 2.71. The van der Waals surface area contributed by atoms with Crippen molar-refractivity contribution in [3.05, 3.63) is 113 Å². The van der Waals surface area contributed by atoms with Gasteiger partial charge in [0.15, 0.2) is 0 Å². The predicted molar refractivity (Wildman–Crippen MR) is 150 cm³/mol. The van der Waals surface area contributed by atoms with Crippen LogP contribution in [0.4, 0.5) is 0 Å². The van der Waals surface area contributed by atoms with Crippen molar-refractivity contribution in [1.29, 1.82) is 0 Å². The van der Waals surface area contributed by atoms with Gasteiger partial charge in [0.05, 0.1) is 20.1 Å². The van der Waals surface area contributed by atoms with Crippen LogP contribution in [-0.4, -0.2) is 6.15 Å². The van der Waals surface area contributed by atoms with Gasteiger partial charge in [0.1, 0.15) is 6.15 Å². The Kier molecular flexibility index (Phi) is 7.76. The van der Waals surface area contributed by atoms with Gasteiger partial charge in [0.25, 0.3) is 0 Å². The number of hydrogen-bond donors (Lipinski definition) is 0. The predicted octanol–water partition coefficient (Wildman–Crippen LogP) is 8.29. The molecule has 0 aliphatic carbocycles. The minimum Gasteiger partial charge on any atom is -0.175 e. The van der Waals surface area contributed by atoms with Crippen LogP contribution in [0, 0.1) is 0 Å². The van der Waals surface area contributed by atoms with E-state index in [4.69, 9.17) is 92.8 Å². The second-order valence-corrected chi connectivity index (χ2v) is 10.6. The Morgan fingerprint density at radius 3 is 0.758 bits per heavy atom. The summed E-state index contributed by atoms with van der Waals surface area (Å²) in [6, 6.07) is 21.5. The number of benzene rings is 4. The number of hydrogen-bond acceptors (Lipinski definition) is 0. The first-order valence-electron chi connectivity index (χ1n) is 9.64. The molecule has 0 amide bonds. The van der Waals surface area contributed by atoms with Gasteiger partial charge in [0.2, 0.25) is 0 Å². The number of rotatable bonds is 4. The second kappa shape index (κ2) is 10.1. The van der Waals surface area contributed by atoms with Crippen LogP contribution in [0.3, 0.4) is 0 Å². The summed E-state index contributed by atoms with van der Waals surface area (Å²) < 4.78 is 0. The minimum atomic E-state index is -2.26. The van der Waals surface area contributed by atoms with Crippen LogP contribution < -0.4 is 21.9 Å². The van der Waals surface area contributed by atoms with Gasteiger partial charge < -0.3 is 0 Å². The van der Waals surface area contributed by atoms with Crippen LogP contribution in [0.1, 0.15) is 0 Å².